The van der Waals surface area contributed by atoms with Gasteiger partial charge in [-0.05, 0) is 41.4 Å². The molecule has 3 nitrogen and oxygen atoms in total. The summed E-state index contributed by atoms with van der Waals surface area (Å²) < 4.78 is 14.0. The summed E-state index contributed by atoms with van der Waals surface area (Å²) in [6, 6.07) is 4.57. The van der Waals surface area contributed by atoms with Crippen LogP contribution in [0, 0.1) is 5.82 Å². The normalized spacial score (nSPS) is 24.1. The SMILES string of the molecule is C[C@H]1C[C@H](O)CN1C(=O)c1cccc(Br)c1F. The van der Waals surface area contributed by atoms with E-state index in [1.807, 2.05) is 6.92 Å². The number of amides is 1. The number of aliphatic hydroxyl groups is 1. The van der Waals surface area contributed by atoms with Gasteiger partial charge < -0.3 is 10.0 Å². The maximum absolute atomic E-state index is 13.8. The third kappa shape index (κ3) is 2.35. The van der Waals surface area contributed by atoms with Crippen LogP contribution >= 0.6 is 15.9 Å². The lowest BCUT2D eigenvalue weighted by Gasteiger charge is -2.21. The van der Waals surface area contributed by atoms with E-state index in [0.717, 1.165) is 0 Å². The van der Waals surface area contributed by atoms with E-state index in [-0.39, 0.29) is 28.5 Å². The van der Waals surface area contributed by atoms with Gasteiger partial charge in [0.05, 0.1) is 16.1 Å². The van der Waals surface area contributed by atoms with Gasteiger partial charge in [-0.3, -0.25) is 4.79 Å². The van der Waals surface area contributed by atoms with Crippen molar-refractivity contribution in [3.63, 3.8) is 0 Å². The molecule has 2 atom stereocenters. The summed E-state index contributed by atoms with van der Waals surface area (Å²) in [7, 11) is 0. The van der Waals surface area contributed by atoms with Gasteiger partial charge in [-0.2, -0.15) is 0 Å². The third-order valence-electron chi connectivity index (χ3n) is 3.00. The summed E-state index contributed by atoms with van der Waals surface area (Å²) in [6.07, 6.45) is 0.0330. The van der Waals surface area contributed by atoms with Crippen LogP contribution in [0.25, 0.3) is 0 Å². The molecule has 0 saturated carbocycles. The summed E-state index contributed by atoms with van der Waals surface area (Å²) in [4.78, 5) is 13.6. The molecule has 0 aromatic heterocycles. The fourth-order valence-corrected chi connectivity index (χ4v) is 2.48. The molecule has 1 aromatic carbocycles. The summed E-state index contributed by atoms with van der Waals surface area (Å²) in [5.74, 6) is -0.918. The summed E-state index contributed by atoms with van der Waals surface area (Å²) in [5.41, 5.74) is 0.0420. The van der Waals surface area contributed by atoms with Gasteiger partial charge in [0.2, 0.25) is 0 Å². The monoisotopic (exact) mass is 301 g/mol. The number of β-amino-alcohol motifs (C(OH)–C–C–N with tert-alkyl or cyclic N) is 1. The van der Waals surface area contributed by atoms with Crippen LogP contribution in [0.4, 0.5) is 4.39 Å². The van der Waals surface area contributed by atoms with Crippen LogP contribution in [0.2, 0.25) is 0 Å². The van der Waals surface area contributed by atoms with E-state index < -0.39 is 11.9 Å². The Morgan fingerprint density at radius 1 is 1.59 bits per heavy atom. The second kappa shape index (κ2) is 4.74. The lowest BCUT2D eigenvalue weighted by Crippen LogP contribution is -2.35. The predicted molar refractivity (Wildman–Crippen MR) is 65.2 cm³/mol. The van der Waals surface area contributed by atoms with Crippen molar-refractivity contribution >= 4 is 21.8 Å². The van der Waals surface area contributed by atoms with Crippen LogP contribution < -0.4 is 0 Å². The number of likely N-dealkylation sites (tertiary alicyclic amines) is 1. The highest BCUT2D eigenvalue weighted by atomic mass is 79.9. The molecule has 0 unspecified atom stereocenters. The third-order valence-corrected chi connectivity index (χ3v) is 3.61. The highest BCUT2D eigenvalue weighted by Gasteiger charge is 2.32. The second-order valence-corrected chi connectivity index (χ2v) is 5.15. The van der Waals surface area contributed by atoms with Crippen molar-refractivity contribution in [2.24, 2.45) is 0 Å². The van der Waals surface area contributed by atoms with Crippen molar-refractivity contribution in [1.29, 1.82) is 0 Å². The maximum atomic E-state index is 13.8. The van der Waals surface area contributed by atoms with E-state index in [4.69, 9.17) is 0 Å². The van der Waals surface area contributed by atoms with Crippen LogP contribution in [-0.4, -0.2) is 34.6 Å². The van der Waals surface area contributed by atoms with Crippen LogP contribution in [0.3, 0.4) is 0 Å². The Morgan fingerprint density at radius 3 is 2.88 bits per heavy atom. The van der Waals surface area contributed by atoms with Crippen molar-refractivity contribution in [3.8, 4) is 0 Å². The molecule has 2 rings (SSSR count). The Morgan fingerprint density at radius 2 is 2.29 bits per heavy atom. The number of aliphatic hydroxyl groups excluding tert-OH is 1. The largest absolute Gasteiger partial charge is 0.391 e. The van der Waals surface area contributed by atoms with E-state index in [1.165, 1.54) is 11.0 Å². The number of carbonyl (C=O) groups excluding carboxylic acids is 1. The molecule has 1 aliphatic heterocycles. The summed E-state index contributed by atoms with van der Waals surface area (Å²) >= 11 is 3.05. The van der Waals surface area contributed by atoms with Crippen LogP contribution in [0.1, 0.15) is 23.7 Å². The Balaban J connectivity index is 2.29. The summed E-state index contributed by atoms with van der Waals surface area (Å²) in [6.45, 7) is 2.12. The lowest BCUT2D eigenvalue weighted by atomic mass is 10.1. The second-order valence-electron chi connectivity index (χ2n) is 4.30. The fraction of sp³-hybridized carbons (Fsp3) is 0.417. The van der Waals surface area contributed by atoms with Crippen LogP contribution in [0.5, 0.6) is 0 Å². The smallest absolute Gasteiger partial charge is 0.257 e. The van der Waals surface area contributed by atoms with Gasteiger partial charge in [-0.25, -0.2) is 4.39 Å². The van der Waals surface area contributed by atoms with Crippen molar-refractivity contribution in [3.05, 3.63) is 34.1 Å². The van der Waals surface area contributed by atoms with E-state index in [9.17, 15) is 14.3 Å². The quantitative estimate of drug-likeness (QED) is 0.864. The van der Waals surface area contributed by atoms with Crippen LogP contribution in [-0.2, 0) is 0 Å². The molecule has 1 aliphatic rings. The minimum Gasteiger partial charge on any atom is -0.391 e. The Bertz CT molecular complexity index is 452. The molecule has 1 amide bonds. The molecule has 1 N–H and O–H groups in total. The standard InChI is InChI=1S/C12H13BrFNO2/c1-7-5-8(16)6-15(7)12(17)9-3-2-4-10(13)11(9)14/h2-4,7-8,16H,5-6H2,1H3/t7-,8-/m0/s1. The highest BCUT2D eigenvalue weighted by molar-refractivity contribution is 9.10. The molecule has 0 aliphatic carbocycles. The zero-order valence-electron chi connectivity index (χ0n) is 9.36. The molecule has 0 radical (unpaired) electrons. The Hall–Kier alpha value is -0.940. The van der Waals surface area contributed by atoms with Gasteiger partial charge >= 0.3 is 0 Å². The zero-order valence-corrected chi connectivity index (χ0v) is 10.9. The first-order valence-electron chi connectivity index (χ1n) is 5.43. The van der Waals surface area contributed by atoms with Gasteiger partial charge in [0, 0.05) is 12.6 Å². The van der Waals surface area contributed by atoms with E-state index >= 15 is 0 Å². The van der Waals surface area contributed by atoms with Crippen LogP contribution in [0.15, 0.2) is 22.7 Å². The average molecular weight is 302 g/mol. The van der Waals surface area contributed by atoms with E-state index in [2.05, 4.69) is 15.9 Å². The number of benzene rings is 1. The molecule has 1 heterocycles. The van der Waals surface area contributed by atoms with Gasteiger partial charge in [0.25, 0.3) is 5.91 Å². The first kappa shape index (κ1) is 12.5. The predicted octanol–water partition coefficient (Wildman–Crippen LogP) is 2.18. The molecule has 92 valence electrons. The molecule has 5 heteroatoms. The molecule has 1 aromatic rings. The maximum Gasteiger partial charge on any atom is 0.257 e. The number of hydrogen-bond donors (Lipinski definition) is 1. The lowest BCUT2D eigenvalue weighted by molar-refractivity contribution is 0.0721. The average Bonchev–Trinajstić information content (AvgIpc) is 2.61. The zero-order chi connectivity index (χ0) is 12.6. The Kier molecular flexibility index (Phi) is 3.49. The summed E-state index contributed by atoms with van der Waals surface area (Å²) in [5, 5.41) is 9.49. The minimum absolute atomic E-state index is 0.0420. The number of carbonyl (C=O) groups is 1. The highest BCUT2D eigenvalue weighted by Crippen LogP contribution is 2.24. The van der Waals surface area contributed by atoms with Crippen molar-refractivity contribution in [2.75, 3.05) is 6.54 Å². The molecule has 17 heavy (non-hydrogen) atoms. The number of hydrogen-bond acceptors (Lipinski definition) is 2. The number of halogens is 2. The molecular weight excluding hydrogens is 289 g/mol. The topological polar surface area (TPSA) is 40.5 Å². The molecule has 1 saturated heterocycles. The first-order chi connectivity index (χ1) is 8.00. The van der Waals surface area contributed by atoms with E-state index in [0.29, 0.717) is 6.42 Å². The molecule has 0 bridgehead atoms. The number of nitrogens with zero attached hydrogens (tertiary/aromatic N) is 1. The van der Waals surface area contributed by atoms with Crippen molar-refractivity contribution < 1.29 is 14.3 Å². The number of rotatable bonds is 1. The molecule has 1 fully saturated rings. The fourth-order valence-electron chi connectivity index (χ4n) is 2.11. The van der Waals surface area contributed by atoms with Crippen molar-refractivity contribution in [1.82, 2.24) is 4.90 Å². The molecular formula is C12H13BrFNO2. The van der Waals surface area contributed by atoms with Gasteiger partial charge in [0.15, 0.2) is 0 Å². The van der Waals surface area contributed by atoms with Crippen molar-refractivity contribution in [2.45, 2.75) is 25.5 Å². The first-order valence-corrected chi connectivity index (χ1v) is 6.23. The Labute approximate surface area is 107 Å². The van der Waals surface area contributed by atoms with E-state index in [1.54, 1.807) is 12.1 Å². The molecule has 0 spiro atoms. The van der Waals surface area contributed by atoms with Gasteiger partial charge in [0.1, 0.15) is 5.82 Å². The van der Waals surface area contributed by atoms with Gasteiger partial charge in [-0.15, -0.1) is 0 Å². The minimum atomic E-state index is -0.550. The van der Waals surface area contributed by atoms with Gasteiger partial charge in [-0.1, -0.05) is 6.07 Å².